The molecule has 0 fully saturated rings. The lowest BCUT2D eigenvalue weighted by molar-refractivity contribution is -0.121. The molecule has 1 aromatic heterocycles. The fourth-order valence-electron chi connectivity index (χ4n) is 2.20. The van der Waals surface area contributed by atoms with Gasteiger partial charge in [-0.2, -0.15) is 0 Å². The molecule has 2 N–H and O–H groups in total. The number of carbonyl (C=O) groups excluding carboxylic acids is 2. The first-order chi connectivity index (χ1) is 13.1. The average Bonchev–Trinajstić information content (AvgIpc) is 3.20. The van der Waals surface area contributed by atoms with E-state index in [-0.39, 0.29) is 12.2 Å². The Morgan fingerprint density at radius 3 is 2.44 bits per heavy atom. The van der Waals surface area contributed by atoms with Crippen LogP contribution in [0.25, 0.3) is 0 Å². The Kier molecular flexibility index (Phi) is 6.11. The lowest BCUT2D eigenvalue weighted by Crippen LogP contribution is -2.42. The molecule has 0 aliphatic heterocycles. The summed E-state index contributed by atoms with van der Waals surface area (Å²) < 4.78 is 18.4. The number of nitrogens with one attached hydrogen (secondary N) is 2. The van der Waals surface area contributed by atoms with Gasteiger partial charge in [0.2, 0.25) is 5.91 Å². The van der Waals surface area contributed by atoms with Crippen molar-refractivity contribution in [1.29, 1.82) is 0 Å². The number of thiazole rings is 1. The Morgan fingerprint density at radius 1 is 1.04 bits per heavy atom. The van der Waals surface area contributed by atoms with Gasteiger partial charge in [-0.05, 0) is 42.0 Å². The number of amides is 2. The number of rotatable bonds is 6. The Balaban J connectivity index is 1.45. The van der Waals surface area contributed by atoms with Crippen molar-refractivity contribution >= 4 is 23.2 Å². The predicted molar refractivity (Wildman–Crippen MR) is 98.6 cm³/mol. The zero-order valence-corrected chi connectivity index (χ0v) is 15.0. The number of benzene rings is 2. The number of hydrazine groups is 1. The second-order valence-electron chi connectivity index (χ2n) is 5.60. The Hall–Kier alpha value is -3.26. The highest BCUT2D eigenvalue weighted by molar-refractivity contribution is 7.07. The van der Waals surface area contributed by atoms with Crippen LogP contribution in [-0.2, 0) is 17.8 Å². The molecule has 3 aromatic rings. The minimum absolute atomic E-state index is 0.0317. The largest absolute Gasteiger partial charge is 0.487 e. The van der Waals surface area contributed by atoms with Gasteiger partial charge in [0, 0.05) is 10.9 Å². The normalized spacial score (nSPS) is 10.3. The van der Waals surface area contributed by atoms with Gasteiger partial charge in [0.1, 0.15) is 18.2 Å². The number of hydrogen-bond donors (Lipinski definition) is 2. The van der Waals surface area contributed by atoms with E-state index in [1.807, 2.05) is 5.38 Å². The molecule has 8 heteroatoms. The first kappa shape index (κ1) is 18.5. The molecule has 0 atom stereocenters. The maximum Gasteiger partial charge on any atom is 0.269 e. The van der Waals surface area contributed by atoms with E-state index in [9.17, 15) is 14.0 Å². The first-order valence-corrected chi connectivity index (χ1v) is 8.98. The van der Waals surface area contributed by atoms with Gasteiger partial charge >= 0.3 is 0 Å². The molecule has 2 aromatic carbocycles. The van der Waals surface area contributed by atoms with Gasteiger partial charge < -0.3 is 4.74 Å². The molecule has 0 spiro atoms. The van der Waals surface area contributed by atoms with Gasteiger partial charge in [-0.1, -0.05) is 12.1 Å². The van der Waals surface area contributed by atoms with Crippen molar-refractivity contribution in [3.05, 3.63) is 82.1 Å². The topological polar surface area (TPSA) is 80.3 Å². The second kappa shape index (κ2) is 8.91. The summed E-state index contributed by atoms with van der Waals surface area (Å²) in [5, 5.41) is 1.90. The van der Waals surface area contributed by atoms with Crippen LogP contribution >= 0.6 is 11.3 Å². The van der Waals surface area contributed by atoms with Gasteiger partial charge in [-0.3, -0.25) is 20.4 Å². The zero-order chi connectivity index (χ0) is 19.1. The van der Waals surface area contributed by atoms with Crippen LogP contribution in [0, 0.1) is 5.82 Å². The first-order valence-electron chi connectivity index (χ1n) is 8.04. The highest BCUT2D eigenvalue weighted by Crippen LogP contribution is 2.14. The van der Waals surface area contributed by atoms with Crippen molar-refractivity contribution in [2.24, 2.45) is 0 Å². The Labute approximate surface area is 159 Å². The van der Waals surface area contributed by atoms with E-state index in [0.717, 1.165) is 5.69 Å². The van der Waals surface area contributed by atoms with Crippen molar-refractivity contribution in [3.8, 4) is 5.75 Å². The molecule has 1 heterocycles. The maximum absolute atomic E-state index is 12.8. The smallest absolute Gasteiger partial charge is 0.269 e. The molecule has 0 radical (unpaired) electrons. The molecule has 0 aliphatic carbocycles. The minimum Gasteiger partial charge on any atom is -0.487 e. The van der Waals surface area contributed by atoms with Crippen molar-refractivity contribution in [3.63, 3.8) is 0 Å². The van der Waals surface area contributed by atoms with Crippen LogP contribution in [0.1, 0.15) is 21.6 Å². The van der Waals surface area contributed by atoms with Gasteiger partial charge in [-0.15, -0.1) is 11.3 Å². The molecule has 0 unspecified atom stereocenters. The summed E-state index contributed by atoms with van der Waals surface area (Å²) in [5.74, 6) is -0.613. The van der Waals surface area contributed by atoms with E-state index in [0.29, 0.717) is 23.5 Å². The third kappa shape index (κ3) is 5.61. The summed E-state index contributed by atoms with van der Waals surface area (Å²) in [7, 11) is 0. The fraction of sp³-hybridized carbons (Fsp3) is 0.105. The van der Waals surface area contributed by atoms with Gasteiger partial charge in [0.25, 0.3) is 5.91 Å². The molecule has 3 rings (SSSR count). The molecule has 6 nitrogen and oxygen atoms in total. The minimum atomic E-state index is -0.450. The molecule has 0 saturated heterocycles. The number of nitrogens with zero attached hydrogens (tertiary/aromatic N) is 1. The number of hydrogen-bond acceptors (Lipinski definition) is 5. The summed E-state index contributed by atoms with van der Waals surface area (Å²) in [6.07, 6.45) is 0.0317. The lowest BCUT2D eigenvalue weighted by Gasteiger charge is -2.09. The van der Waals surface area contributed by atoms with Gasteiger partial charge in [-0.25, -0.2) is 9.37 Å². The molecular formula is C19H16FN3O3S. The maximum atomic E-state index is 12.8. The van der Waals surface area contributed by atoms with E-state index in [2.05, 4.69) is 15.8 Å². The van der Waals surface area contributed by atoms with Gasteiger partial charge in [0.15, 0.2) is 0 Å². The molecular weight excluding hydrogens is 369 g/mol. The molecule has 27 heavy (non-hydrogen) atoms. The van der Waals surface area contributed by atoms with Crippen molar-refractivity contribution in [1.82, 2.24) is 15.8 Å². The zero-order valence-electron chi connectivity index (χ0n) is 14.1. The van der Waals surface area contributed by atoms with E-state index in [1.165, 1.54) is 35.6 Å². The summed E-state index contributed by atoms with van der Waals surface area (Å²) in [4.78, 5) is 28.0. The number of ether oxygens (including phenoxy) is 1. The van der Waals surface area contributed by atoms with E-state index < -0.39 is 11.8 Å². The van der Waals surface area contributed by atoms with E-state index in [1.54, 1.807) is 29.8 Å². The van der Waals surface area contributed by atoms with Crippen molar-refractivity contribution in [2.45, 2.75) is 13.0 Å². The Morgan fingerprint density at radius 2 is 1.78 bits per heavy atom. The standard InChI is InChI=1S/C19H16FN3O3S/c20-15-5-1-13(2-6-15)9-18(24)22-23-19(25)14-3-7-17(8-4-14)26-10-16-11-27-12-21-16/h1-8,11-12H,9-10H2,(H,22,24)(H,23,25). The SMILES string of the molecule is O=C(Cc1ccc(F)cc1)NNC(=O)c1ccc(OCc2cscn2)cc1. The fourth-order valence-corrected chi connectivity index (χ4v) is 2.74. The van der Waals surface area contributed by atoms with Crippen LogP contribution in [0.2, 0.25) is 0 Å². The Bertz CT molecular complexity index is 897. The molecule has 138 valence electrons. The predicted octanol–water partition coefficient (Wildman–Crippen LogP) is 2.86. The van der Waals surface area contributed by atoms with Crippen LogP contribution in [0.3, 0.4) is 0 Å². The summed E-state index contributed by atoms with van der Waals surface area (Å²) in [6, 6.07) is 12.1. The number of halogens is 1. The quantitative estimate of drug-likeness (QED) is 0.640. The third-order valence-corrected chi connectivity index (χ3v) is 4.22. The average molecular weight is 385 g/mol. The van der Waals surface area contributed by atoms with Crippen molar-refractivity contribution < 1.29 is 18.7 Å². The monoisotopic (exact) mass is 385 g/mol. The van der Waals surface area contributed by atoms with E-state index in [4.69, 9.17) is 4.74 Å². The second-order valence-corrected chi connectivity index (χ2v) is 6.32. The molecule has 0 saturated carbocycles. The van der Waals surface area contributed by atoms with Crippen LogP contribution in [0.4, 0.5) is 4.39 Å². The number of carbonyl (C=O) groups is 2. The van der Waals surface area contributed by atoms with Crippen LogP contribution < -0.4 is 15.6 Å². The molecule has 0 bridgehead atoms. The van der Waals surface area contributed by atoms with Crippen LogP contribution in [0.15, 0.2) is 59.4 Å². The third-order valence-electron chi connectivity index (χ3n) is 3.58. The molecule has 0 aliphatic rings. The van der Waals surface area contributed by atoms with Crippen molar-refractivity contribution in [2.75, 3.05) is 0 Å². The summed E-state index contributed by atoms with van der Waals surface area (Å²) >= 11 is 1.49. The lowest BCUT2D eigenvalue weighted by atomic mass is 10.1. The number of aromatic nitrogens is 1. The summed E-state index contributed by atoms with van der Waals surface area (Å²) in [5.41, 5.74) is 8.26. The van der Waals surface area contributed by atoms with Crippen LogP contribution in [0.5, 0.6) is 5.75 Å². The highest BCUT2D eigenvalue weighted by Gasteiger charge is 2.09. The van der Waals surface area contributed by atoms with Gasteiger partial charge in [0.05, 0.1) is 17.6 Å². The summed E-state index contributed by atoms with van der Waals surface area (Å²) in [6.45, 7) is 0.356. The van der Waals surface area contributed by atoms with Crippen LogP contribution in [-0.4, -0.2) is 16.8 Å². The highest BCUT2D eigenvalue weighted by atomic mass is 32.1. The molecule has 2 amide bonds. The van der Waals surface area contributed by atoms with E-state index >= 15 is 0 Å².